The lowest BCUT2D eigenvalue weighted by molar-refractivity contribution is -0.384. The van der Waals surface area contributed by atoms with Crippen molar-refractivity contribution in [3.8, 4) is 0 Å². The summed E-state index contributed by atoms with van der Waals surface area (Å²) in [6.07, 6.45) is 4.52. The highest BCUT2D eigenvalue weighted by molar-refractivity contribution is 5.33. The molecule has 0 aromatic heterocycles. The first-order chi connectivity index (χ1) is 9.54. The van der Waals surface area contributed by atoms with Crippen LogP contribution in [-0.2, 0) is 4.74 Å². The molecule has 0 aliphatic carbocycles. The van der Waals surface area contributed by atoms with E-state index in [1.54, 1.807) is 0 Å². The van der Waals surface area contributed by atoms with Gasteiger partial charge in [0.1, 0.15) is 0 Å². The second kappa shape index (κ2) is 8.66. The highest BCUT2D eigenvalue weighted by atomic mass is 16.6. The molecule has 1 unspecified atom stereocenters. The van der Waals surface area contributed by atoms with E-state index in [4.69, 9.17) is 4.74 Å². The quantitative estimate of drug-likeness (QED) is 0.322. The van der Waals surface area contributed by atoms with E-state index in [-0.39, 0.29) is 11.8 Å². The number of aliphatic hydroxyl groups excluding tert-OH is 1. The Kier molecular flexibility index (Phi) is 7.18. The number of hydrogen-bond acceptors (Lipinski definition) is 4. The van der Waals surface area contributed by atoms with Gasteiger partial charge in [0.25, 0.3) is 5.69 Å². The van der Waals surface area contributed by atoms with Crippen LogP contribution in [0.3, 0.4) is 0 Å². The lowest BCUT2D eigenvalue weighted by Crippen LogP contribution is -2.13. The number of nitrogens with zero attached hydrogens (tertiary/aromatic N) is 1. The summed E-state index contributed by atoms with van der Waals surface area (Å²) in [6.45, 7) is 4.10. The van der Waals surface area contributed by atoms with Gasteiger partial charge in [0.15, 0.2) is 6.29 Å². The fourth-order valence-electron chi connectivity index (χ4n) is 1.99. The van der Waals surface area contributed by atoms with Crippen LogP contribution in [-0.4, -0.2) is 16.1 Å². The summed E-state index contributed by atoms with van der Waals surface area (Å²) in [5, 5.41) is 20.5. The van der Waals surface area contributed by atoms with Gasteiger partial charge < -0.3 is 9.84 Å². The average Bonchev–Trinajstić information content (AvgIpc) is 2.43. The van der Waals surface area contributed by atoms with Gasteiger partial charge in [-0.1, -0.05) is 32.6 Å². The van der Waals surface area contributed by atoms with Crippen molar-refractivity contribution >= 4 is 5.69 Å². The Morgan fingerprint density at radius 3 is 2.45 bits per heavy atom. The predicted octanol–water partition coefficient (Wildman–Crippen LogP) is 3.96. The smallest absolute Gasteiger partial charge is 0.269 e. The summed E-state index contributed by atoms with van der Waals surface area (Å²) in [5.41, 5.74) is 0.546. The maximum atomic E-state index is 10.5. The Labute approximate surface area is 119 Å². The molecule has 1 N–H and O–H groups in total. The second-order valence-electron chi connectivity index (χ2n) is 5.00. The van der Waals surface area contributed by atoms with Crippen LogP contribution < -0.4 is 0 Å². The predicted molar refractivity (Wildman–Crippen MR) is 77.4 cm³/mol. The molecule has 5 heteroatoms. The van der Waals surface area contributed by atoms with Crippen LogP contribution in [0.5, 0.6) is 0 Å². The number of hydrogen-bond donors (Lipinski definition) is 1. The summed E-state index contributed by atoms with van der Waals surface area (Å²) in [5.74, 6) is 0. The monoisotopic (exact) mass is 281 g/mol. The van der Waals surface area contributed by atoms with Gasteiger partial charge >= 0.3 is 0 Å². The summed E-state index contributed by atoms with van der Waals surface area (Å²) in [7, 11) is 0. The van der Waals surface area contributed by atoms with E-state index >= 15 is 0 Å². The van der Waals surface area contributed by atoms with E-state index in [0.29, 0.717) is 5.56 Å². The Bertz CT molecular complexity index is 405. The zero-order chi connectivity index (χ0) is 15.0. The molecule has 2 atom stereocenters. The van der Waals surface area contributed by atoms with E-state index in [0.717, 1.165) is 12.8 Å². The minimum atomic E-state index is -1.03. The first-order valence-electron chi connectivity index (χ1n) is 7.12. The molecule has 0 bridgehead atoms. The molecule has 0 heterocycles. The number of benzene rings is 1. The summed E-state index contributed by atoms with van der Waals surface area (Å²) >= 11 is 0. The fourth-order valence-corrected chi connectivity index (χ4v) is 1.99. The molecular formula is C15H23NO4. The van der Waals surface area contributed by atoms with Gasteiger partial charge in [-0.05, 0) is 25.5 Å². The highest BCUT2D eigenvalue weighted by Crippen LogP contribution is 2.21. The molecular weight excluding hydrogens is 258 g/mol. The number of nitro benzene ring substituents is 1. The largest absolute Gasteiger partial charge is 0.364 e. The SMILES string of the molecule is CCCCCC[C@@H](C)OC(O)c1ccc([N+](=O)[O-])cc1. The molecule has 5 nitrogen and oxygen atoms in total. The van der Waals surface area contributed by atoms with Crippen LogP contribution in [0, 0.1) is 10.1 Å². The molecule has 0 spiro atoms. The summed E-state index contributed by atoms with van der Waals surface area (Å²) in [4.78, 5) is 10.1. The van der Waals surface area contributed by atoms with Crippen molar-refractivity contribution in [2.45, 2.75) is 58.3 Å². The van der Waals surface area contributed by atoms with E-state index in [2.05, 4.69) is 6.92 Å². The maximum Gasteiger partial charge on any atom is 0.269 e. The van der Waals surface area contributed by atoms with Crippen molar-refractivity contribution in [3.05, 3.63) is 39.9 Å². The van der Waals surface area contributed by atoms with Crippen LogP contribution >= 0.6 is 0 Å². The minimum Gasteiger partial charge on any atom is -0.364 e. The molecule has 1 rings (SSSR count). The molecule has 0 aliphatic rings. The van der Waals surface area contributed by atoms with Crippen molar-refractivity contribution in [2.24, 2.45) is 0 Å². The number of rotatable bonds is 9. The van der Waals surface area contributed by atoms with Crippen LogP contribution in [0.1, 0.15) is 57.8 Å². The van der Waals surface area contributed by atoms with Crippen molar-refractivity contribution in [1.29, 1.82) is 0 Å². The number of unbranched alkanes of at least 4 members (excludes halogenated alkanes) is 3. The van der Waals surface area contributed by atoms with Crippen molar-refractivity contribution in [2.75, 3.05) is 0 Å². The van der Waals surface area contributed by atoms with E-state index in [1.165, 1.54) is 43.5 Å². The Hall–Kier alpha value is -1.46. The molecule has 112 valence electrons. The van der Waals surface area contributed by atoms with Crippen molar-refractivity contribution in [3.63, 3.8) is 0 Å². The van der Waals surface area contributed by atoms with Gasteiger partial charge in [-0.25, -0.2) is 0 Å². The van der Waals surface area contributed by atoms with Gasteiger partial charge in [-0.3, -0.25) is 10.1 Å². The van der Waals surface area contributed by atoms with Gasteiger partial charge in [-0.2, -0.15) is 0 Å². The van der Waals surface area contributed by atoms with Crippen LogP contribution in [0.4, 0.5) is 5.69 Å². The normalized spacial score (nSPS) is 13.9. The van der Waals surface area contributed by atoms with E-state index < -0.39 is 11.2 Å². The summed E-state index contributed by atoms with van der Waals surface area (Å²) < 4.78 is 5.50. The lowest BCUT2D eigenvalue weighted by Gasteiger charge is -2.18. The van der Waals surface area contributed by atoms with Gasteiger partial charge in [0.2, 0.25) is 0 Å². The average molecular weight is 281 g/mol. The third-order valence-corrected chi connectivity index (χ3v) is 3.21. The lowest BCUT2D eigenvalue weighted by atomic mass is 10.1. The number of ether oxygens (including phenoxy) is 1. The zero-order valence-corrected chi connectivity index (χ0v) is 12.1. The van der Waals surface area contributed by atoms with Crippen LogP contribution in [0.2, 0.25) is 0 Å². The van der Waals surface area contributed by atoms with Crippen molar-refractivity contribution in [1.82, 2.24) is 0 Å². The third kappa shape index (κ3) is 5.67. The van der Waals surface area contributed by atoms with Crippen LogP contribution in [0.25, 0.3) is 0 Å². The number of nitro groups is 1. The second-order valence-corrected chi connectivity index (χ2v) is 5.00. The molecule has 0 saturated carbocycles. The van der Waals surface area contributed by atoms with E-state index in [9.17, 15) is 15.2 Å². The Morgan fingerprint density at radius 1 is 1.25 bits per heavy atom. The Balaban J connectivity index is 2.41. The van der Waals surface area contributed by atoms with Gasteiger partial charge in [0, 0.05) is 17.7 Å². The minimum absolute atomic E-state index is 0.00793. The number of aliphatic hydroxyl groups is 1. The number of non-ortho nitro benzene ring substituents is 1. The first kappa shape index (κ1) is 16.6. The van der Waals surface area contributed by atoms with E-state index in [1.807, 2.05) is 6.92 Å². The van der Waals surface area contributed by atoms with Gasteiger partial charge in [-0.15, -0.1) is 0 Å². The Morgan fingerprint density at radius 2 is 1.90 bits per heavy atom. The zero-order valence-electron chi connectivity index (χ0n) is 12.1. The summed E-state index contributed by atoms with van der Waals surface area (Å²) in [6, 6.07) is 5.78. The molecule has 1 aromatic carbocycles. The highest BCUT2D eigenvalue weighted by Gasteiger charge is 2.14. The molecule has 0 radical (unpaired) electrons. The topological polar surface area (TPSA) is 72.6 Å². The first-order valence-corrected chi connectivity index (χ1v) is 7.12. The standard InChI is InChI=1S/C15H23NO4/c1-3-4-5-6-7-12(2)20-15(17)13-8-10-14(11-9-13)16(18)19/h8-12,15,17H,3-7H2,1-2H3/t12-,15?/m1/s1. The van der Waals surface area contributed by atoms with Gasteiger partial charge in [0.05, 0.1) is 11.0 Å². The fraction of sp³-hybridized carbons (Fsp3) is 0.600. The van der Waals surface area contributed by atoms with Crippen molar-refractivity contribution < 1.29 is 14.8 Å². The maximum absolute atomic E-state index is 10.5. The molecule has 0 amide bonds. The molecule has 0 aliphatic heterocycles. The third-order valence-electron chi connectivity index (χ3n) is 3.21. The molecule has 0 fully saturated rings. The molecule has 20 heavy (non-hydrogen) atoms. The van der Waals surface area contributed by atoms with Crippen LogP contribution in [0.15, 0.2) is 24.3 Å². The molecule has 0 saturated heterocycles. The molecule has 1 aromatic rings.